The average molecular weight is 507 g/mol. The number of benzene rings is 2. The Kier molecular flexibility index (Phi) is 7.64. The maximum atomic E-state index is 13.0. The fraction of sp³-hybridized carbons (Fsp3) is 0.115. The first kappa shape index (κ1) is 24.3. The number of nitrogens with one attached hydrogen (secondary N) is 1. The van der Waals surface area contributed by atoms with Crippen molar-refractivity contribution in [3.63, 3.8) is 0 Å². The number of methoxy groups -OCH3 is 1. The second-order valence-electron chi connectivity index (χ2n) is 7.53. The molecule has 4 aromatic rings. The zero-order valence-corrected chi connectivity index (χ0v) is 20.6. The first-order chi connectivity index (χ1) is 17.0. The predicted molar refractivity (Wildman–Crippen MR) is 140 cm³/mol. The van der Waals surface area contributed by atoms with Crippen LogP contribution < -0.4 is 10.1 Å². The number of hydrogen-bond acceptors (Lipinski definition) is 5. The van der Waals surface area contributed by atoms with Crippen LogP contribution in [-0.2, 0) is 4.79 Å². The molecule has 0 spiro atoms. The van der Waals surface area contributed by atoms with Crippen LogP contribution in [0.15, 0.2) is 84.9 Å². The van der Waals surface area contributed by atoms with Gasteiger partial charge in [0.2, 0.25) is 11.9 Å². The third-order valence-corrected chi connectivity index (χ3v) is 6.24. The molecule has 0 saturated heterocycles. The third-order valence-electron chi connectivity index (χ3n) is 5.13. The summed E-state index contributed by atoms with van der Waals surface area (Å²) in [4.78, 5) is 32.5. The summed E-state index contributed by atoms with van der Waals surface area (Å²) in [5.74, 6) is 0.373. The van der Waals surface area contributed by atoms with Gasteiger partial charge in [0, 0.05) is 29.4 Å². The summed E-state index contributed by atoms with van der Waals surface area (Å²) in [6.07, 6.45) is 3.42. The van der Waals surface area contributed by atoms with Crippen LogP contribution in [0.2, 0.25) is 5.02 Å². The molecular weight excluding hydrogens is 484 g/mol. The van der Waals surface area contributed by atoms with Crippen LogP contribution in [-0.4, -0.2) is 46.5 Å². The largest absolute Gasteiger partial charge is 0.497 e. The fourth-order valence-electron chi connectivity index (χ4n) is 3.45. The van der Waals surface area contributed by atoms with Crippen molar-refractivity contribution in [1.29, 1.82) is 0 Å². The molecule has 2 aromatic heterocycles. The summed E-state index contributed by atoms with van der Waals surface area (Å²) in [5.41, 5.74) is 2.25. The number of halogens is 1. The lowest BCUT2D eigenvalue weighted by Gasteiger charge is -2.20. The van der Waals surface area contributed by atoms with Crippen molar-refractivity contribution in [2.24, 2.45) is 0 Å². The number of imidazole rings is 1. The molecule has 0 aliphatic carbocycles. The van der Waals surface area contributed by atoms with Gasteiger partial charge in [0.15, 0.2) is 0 Å². The third kappa shape index (κ3) is 5.79. The number of rotatable bonds is 9. The van der Waals surface area contributed by atoms with Crippen molar-refractivity contribution in [3.8, 4) is 22.7 Å². The molecule has 0 aliphatic rings. The van der Waals surface area contributed by atoms with E-state index >= 15 is 0 Å². The van der Waals surface area contributed by atoms with Crippen molar-refractivity contribution < 1.29 is 14.3 Å². The normalized spacial score (nSPS) is 10.6. The second-order valence-corrected chi connectivity index (χ2v) is 8.91. The highest BCUT2D eigenvalue weighted by atomic mass is 35.5. The highest BCUT2D eigenvalue weighted by molar-refractivity contribution is 7.12. The molecule has 7 nitrogen and oxygen atoms in total. The molecule has 0 aliphatic heterocycles. The van der Waals surface area contributed by atoms with E-state index in [0.29, 0.717) is 27.3 Å². The molecule has 0 radical (unpaired) electrons. The van der Waals surface area contributed by atoms with Gasteiger partial charge in [0.05, 0.1) is 23.4 Å². The SMILES string of the molecule is C=CCN(CC(=O)Nc1nc(-c2ccc(Cl)cc2)cn1-c1cccc(OC)c1)C(=O)c1cccs1. The Morgan fingerprint density at radius 2 is 2.00 bits per heavy atom. The number of carbonyl (C=O) groups excluding carboxylic acids is 2. The number of anilines is 1. The maximum absolute atomic E-state index is 13.0. The summed E-state index contributed by atoms with van der Waals surface area (Å²) in [7, 11) is 1.59. The van der Waals surface area contributed by atoms with E-state index in [2.05, 4.69) is 16.9 Å². The Labute approximate surface area is 212 Å². The topological polar surface area (TPSA) is 76.5 Å². The molecule has 0 unspecified atom stereocenters. The summed E-state index contributed by atoms with van der Waals surface area (Å²) in [6.45, 7) is 3.80. The van der Waals surface area contributed by atoms with Crippen LogP contribution in [0.1, 0.15) is 9.67 Å². The van der Waals surface area contributed by atoms with Gasteiger partial charge < -0.3 is 9.64 Å². The van der Waals surface area contributed by atoms with Crippen LogP contribution >= 0.6 is 22.9 Å². The Morgan fingerprint density at radius 1 is 1.20 bits per heavy atom. The van der Waals surface area contributed by atoms with Gasteiger partial charge in [0.25, 0.3) is 5.91 Å². The van der Waals surface area contributed by atoms with Crippen molar-refractivity contribution >= 4 is 40.7 Å². The number of carbonyl (C=O) groups is 2. The molecule has 0 saturated carbocycles. The zero-order chi connectivity index (χ0) is 24.8. The Bertz CT molecular complexity index is 1330. The summed E-state index contributed by atoms with van der Waals surface area (Å²) in [6, 6.07) is 18.2. The van der Waals surface area contributed by atoms with Crippen molar-refractivity contribution in [2.45, 2.75) is 0 Å². The minimum atomic E-state index is -0.380. The smallest absolute Gasteiger partial charge is 0.264 e. The summed E-state index contributed by atoms with van der Waals surface area (Å²) >= 11 is 7.36. The number of thiophene rings is 1. The lowest BCUT2D eigenvalue weighted by atomic mass is 10.2. The quantitative estimate of drug-likeness (QED) is 0.303. The van der Waals surface area contributed by atoms with Gasteiger partial charge in [-0.15, -0.1) is 17.9 Å². The van der Waals surface area contributed by atoms with Gasteiger partial charge in [0.1, 0.15) is 12.3 Å². The molecule has 35 heavy (non-hydrogen) atoms. The fourth-order valence-corrected chi connectivity index (χ4v) is 4.27. The lowest BCUT2D eigenvalue weighted by molar-refractivity contribution is -0.116. The first-order valence-corrected chi connectivity index (χ1v) is 12.0. The van der Waals surface area contributed by atoms with E-state index in [4.69, 9.17) is 16.3 Å². The lowest BCUT2D eigenvalue weighted by Crippen LogP contribution is -2.38. The van der Waals surface area contributed by atoms with Gasteiger partial charge in [-0.1, -0.05) is 41.9 Å². The molecule has 0 fully saturated rings. The number of hydrogen-bond donors (Lipinski definition) is 1. The number of aromatic nitrogens is 2. The number of nitrogens with zero attached hydrogens (tertiary/aromatic N) is 3. The van der Waals surface area contributed by atoms with E-state index in [-0.39, 0.29) is 24.9 Å². The Morgan fingerprint density at radius 3 is 2.69 bits per heavy atom. The number of amides is 2. The molecule has 4 rings (SSSR count). The molecule has 2 amide bonds. The standard InChI is InChI=1S/C26H23ClN4O3S/c1-3-13-30(25(33)23-8-5-14-35-23)17-24(32)29-26-28-22(18-9-11-19(27)12-10-18)16-31(26)20-6-4-7-21(15-20)34-2/h3-12,14-16H,1,13,17H2,2H3,(H,28,29,32). The Balaban J connectivity index is 1.63. The minimum Gasteiger partial charge on any atom is -0.497 e. The molecule has 0 atom stereocenters. The van der Waals surface area contributed by atoms with Crippen LogP contribution in [0, 0.1) is 0 Å². The molecule has 0 bridgehead atoms. The molecule has 2 aromatic carbocycles. The minimum absolute atomic E-state index is 0.149. The molecule has 1 N–H and O–H groups in total. The maximum Gasteiger partial charge on any atom is 0.264 e. The second kappa shape index (κ2) is 11.0. The van der Waals surface area contributed by atoms with Crippen molar-refractivity contribution in [2.75, 3.05) is 25.5 Å². The van der Waals surface area contributed by atoms with Gasteiger partial charge in [-0.05, 0) is 35.7 Å². The highest BCUT2D eigenvalue weighted by Gasteiger charge is 2.21. The monoisotopic (exact) mass is 506 g/mol. The number of ether oxygens (including phenoxy) is 1. The van der Waals surface area contributed by atoms with E-state index in [1.165, 1.54) is 16.2 Å². The van der Waals surface area contributed by atoms with E-state index in [0.717, 1.165) is 11.3 Å². The predicted octanol–water partition coefficient (Wildman–Crippen LogP) is 5.53. The van der Waals surface area contributed by atoms with E-state index in [9.17, 15) is 9.59 Å². The van der Waals surface area contributed by atoms with Gasteiger partial charge in [-0.2, -0.15) is 0 Å². The molecule has 178 valence electrons. The van der Waals surface area contributed by atoms with Crippen molar-refractivity contribution in [3.05, 3.63) is 94.8 Å². The highest BCUT2D eigenvalue weighted by Crippen LogP contribution is 2.27. The Hall–Kier alpha value is -3.88. The molecule has 2 heterocycles. The van der Waals surface area contributed by atoms with Crippen molar-refractivity contribution in [1.82, 2.24) is 14.5 Å². The van der Waals surface area contributed by atoms with Gasteiger partial charge in [-0.3, -0.25) is 19.5 Å². The van der Waals surface area contributed by atoms with E-state index in [1.54, 1.807) is 42.0 Å². The average Bonchev–Trinajstić information content (AvgIpc) is 3.54. The van der Waals surface area contributed by atoms with E-state index < -0.39 is 0 Å². The van der Waals surface area contributed by atoms with Crippen LogP contribution in [0.5, 0.6) is 5.75 Å². The molecular formula is C26H23ClN4O3S. The van der Waals surface area contributed by atoms with Gasteiger partial charge >= 0.3 is 0 Å². The summed E-state index contributed by atoms with van der Waals surface area (Å²) < 4.78 is 7.12. The van der Waals surface area contributed by atoms with Gasteiger partial charge in [-0.25, -0.2) is 4.98 Å². The zero-order valence-electron chi connectivity index (χ0n) is 19.0. The molecule has 9 heteroatoms. The van der Waals surface area contributed by atoms with Crippen LogP contribution in [0.4, 0.5) is 5.95 Å². The first-order valence-electron chi connectivity index (χ1n) is 10.7. The van der Waals surface area contributed by atoms with Crippen LogP contribution in [0.25, 0.3) is 16.9 Å². The summed E-state index contributed by atoms with van der Waals surface area (Å²) in [5, 5.41) is 5.30. The van der Waals surface area contributed by atoms with Crippen LogP contribution in [0.3, 0.4) is 0 Å². The van der Waals surface area contributed by atoms with E-state index in [1.807, 2.05) is 48.0 Å².